The number of rotatable bonds is 3. The van der Waals surface area contributed by atoms with Gasteiger partial charge in [0.2, 0.25) is 0 Å². The third-order valence-corrected chi connectivity index (χ3v) is 4.75. The van der Waals surface area contributed by atoms with Crippen LogP contribution in [0, 0.1) is 2.88 Å². The van der Waals surface area contributed by atoms with E-state index in [0.717, 1.165) is 13.8 Å². The maximum atomic E-state index is 11.9. The molecule has 0 saturated carbocycles. The number of amides is 1. The maximum Gasteiger partial charge on any atom is 0.254 e. The Bertz CT molecular complexity index is 328. The monoisotopic (exact) mass is 387 g/mol. The lowest BCUT2D eigenvalue weighted by Gasteiger charge is -2.22. The highest BCUT2D eigenvalue weighted by molar-refractivity contribution is 14.1. The van der Waals surface area contributed by atoms with E-state index < -0.39 is 0 Å². The highest BCUT2D eigenvalue weighted by Crippen LogP contribution is 2.18. The molecule has 0 saturated heterocycles. The molecule has 1 aromatic rings. The third-order valence-electron chi connectivity index (χ3n) is 2.02. The summed E-state index contributed by atoms with van der Waals surface area (Å²) in [5, 5.41) is 2.71. The second-order valence-corrected chi connectivity index (χ2v) is 6.51. The van der Waals surface area contributed by atoms with Crippen molar-refractivity contribution in [3.8, 4) is 0 Å². The largest absolute Gasteiger partial charge is 0.338 e. The Kier molecular flexibility index (Phi) is 4.86. The fourth-order valence-corrected chi connectivity index (χ4v) is 2.68. The van der Waals surface area contributed by atoms with Gasteiger partial charge in [0.15, 0.2) is 0 Å². The molecule has 0 aliphatic carbocycles. The predicted molar refractivity (Wildman–Crippen MR) is 72.4 cm³/mol. The van der Waals surface area contributed by atoms with Gasteiger partial charge in [-0.25, -0.2) is 0 Å². The molecule has 14 heavy (non-hydrogen) atoms. The normalized spacial score (nSPS) is 12.6. The Balaban J connectivity index is 2.75. The van der Waals surface area contributed by atoms with Crippen molar-refractivity contribution in [2.24, 2.45) is 0 Å². The summed E-state index contributed by atoms with van der Waals surface area (Å²) in [6.45, 7) is 2.02. The summed E-state index contributed by atoms with van der Waals surface area (Å²) in [5.74, 6) is 0.0936. The fourth-order valence-electron chi connectivity index (χ4n) is 0.930. The second kappa shape index (κ2) is 5.46. The first-order valence-corrected chi connectivity index (χ1v) is 7.21. The van der Waals surface area contributed by atoms with Gasteiger partial charge in [0.25, 0.3) is 5.91 Å². The van der Waals surface area contributed by atoms with E-state index >= 15 is 0 Å². The van der Waals surface area contributed by atoms with Gasteiger partial charge in [0, 0.05) is 23.8 Å². The summed E-state index contributed by atoms with van der Waals surface area (Å²) in [7, 11) is 1.83. The Morgan fingerprint density at radius 1 is 1.79 bits per heavy atom. The summed E-state index contributed by atoms with van der Waals surface area (Å²) in [6.07, 6.45) is 0. The van der Waals surface area contributed by atoms with E-state index in [-0.39, 0.29) is 11.9 Å². The van der Waals surface area contributed by atoms with Gasteiger partial charge in [-0.2, -0.15) is 0 Å². The van der Waals surface area contributed by atoms with Crippen molar-refractivity contribution >= 4 is 55.8 Å². The Hall–Kier alpha value is 0.380. The molecule has 1 heterocycles. The van der Waals surface area contributed by atoms with E-state index in [2.05, 4.69) is 38.5 Å². The molecule has 0 bridgehead atoms. The number of carbonyl (C=O) groups is 1. The molecule has 5 heteroatoms. The third kappa shape index (κ3) is 2.93. The van der Waals surface area contributed by atoms with Crippen LogP contribution in [0.4, 0.5) is 0 Å². The zero-order chi connectivity index (χ0) is 10.7. The molecule has 0 fully saturated rings. The summed E-state index contributed by atoms with van der Waals surface area (Å²) >= 11 is 7.19. The molecule has 1 rings (SSSR count). The van der Waals surface area contributed by atoms with Gasteiger partial charge in [-0.1, -0.05) is 15.9 Å². The minimum absolute atomic E-state index is 0.0936. The van der Waals surface area contributed by atoms with E-state index in [1.165, 1.54) is 0 Å². The van der Waals surface area contributed by atoms with Crippen molar-refractivity contribution in [3.63, 3.8) is 0 Å². The van der Waals surface area contributed by atoms with E-state index in [4.69, 9.17) is 0 Å². The number of halogens is 2. The maximum absolute atomic E-state index is 11.9. The molecule has 0 spiro atoms. The van der Waals surface area contributed by atoms with Crippen molar-refractivity contribution < 1.29 is 4.79 Å². The highest BCUT2D eigenvalue weighted by atomic mass is 127. The van der Waals surface area contributed by atoms with Crippen molar-refractivity contribution in [2.45, 2.75) is 13.0 Å². The number of hydrogen-bond donors (Lipinski definition) is 0. The topological polar surface area (TPSA) is 20.3 Å². The van der Waals surface area contributed by atoms with Gasteiger partial charge in [0.1, 0.15) is 0 Å². The summed E-state index contributed by atoms with van der Waals surface area (Å²) in [4.78, 5) is 13.6. The van der Waals surface area contributed by atoms with E-state index in [0.29, 0.717) is 0 Å². The number of thiophene rings is 1. The van der Waals surface area contributed by atoms with Crippen molar-refractivity contribution in [1.82, 2.24) is 4.90 Å². The number of nitrogens with zero attached hydrogens (tertiary/aromatic N) is 1. The molecular formula is C9H11BrINOS. The minimum atomic E-state index is 0.0936. The molecule has 78 valence electrons. The van der Waals surface area contributed by atoms with Crippen LogP contribution >= 0.6 is 49.9 Å². The van der Waals surface area contributed by atoms with Crippen molar-refractivity contribution in [3.05, 3.63) is 19.9 Å². The minimum Gasteiger partial charge on any atom is -0.338 e. The zero-order valence-corrected chi connectivity index (χ0v) is 12.5. The smallest absolute Gasteiger partial charge is 0.254 e. The molecular weight excluding hydrogens is 377 g/mol. The molecule has 2 nitrogen and oxygen atoms in total. The van der Waals surface area contributed by atoms with Crippen LogP contribution in [0.1, 0.15) is 17.3 Å². The number of hydrogen-bond acceptors (Lipinski definition) is 2. The molecule has 0 N–H and O–H groups in total. The molecule has 0 aliphatic heterocycles. The first-order chi connectivity index (χ1) is 6.56. The summed E-state index contributed by atoms with van der Waals surface area (Å²) < 4.78 is 1.14. The van der Waals surface area contributed by atoms with Crippen LogP contribution in [-0.2, 0) is 0 Å². The predicted octanol–water partition coefficient (Wildman–Crippen LogP) is 3.21. The van der Waals surface area contributed by atoms with Crippen LogP contribution < -0.4 is 0 Å². The van der Waals surface area contributed by atoms with Crippen LogP contribution in [0.5, 0.6) is 0 Å². The first-order valence-electron chi connectivity index (χ1n) is 4.13. The SMILES string of the molecule is CC(CBr)N(C)C(=O)c1csc(I)c1. The highest BCUT2D eigenvalue weighted by Gasteiger charge is 2.17. The van der Waals surface area contributed by atoms with Crippen LogP contribution in [0.25, 0.3) is 0 Å². The Labute approximate surface area is 110 Å². The fraction of sp³-hybridized carbons (Fsp3) is 0.444. The van der Waals surface area contributed by atoms with Gasteiger partial charge in [-0.3, -0.25) is 4.79 Å². The second-order valence-electron chi connectivity index (χ2n) is 3.06. The average Bonchev–Trinajstić information content (AvgIpc) is 2.61. The Morgan fingerprint density at radius 2 is 2.43 bits per heavy atom. The van der Waals surface area contributed by atoms with Crippen LogP contribution in [-0.4, -0.2) is 29.2 Å². The van der Waals surface area contributed by atoms with Crippen molar-refractivity contribution in [1.29, 1.82) is 0 Å². The number of carbonyl (C=O) groups excluding carboxylic acids is 1. The Morgan fingerprint density at radius 3 is 2.86 bits per heavy atom. The molecule has 1 unspecified atom stereocenters. The average molecular weight is 388 g/mol. The summed E-state index contributed by atoms with van der Waals surface area (Å²) in [5.41, 5.74) is 0.787. The molecule has 0 aliphatic rings. The first kappa shape index (κ1) is 12.4. The van der Waals surface area contributed by atoms with Gasteiger partial charge in [-0.15, -0.1) is 11.3 Å². The molecule has 0 radical (unpaired) electrons. The van der Waals surface area contributed by atoms with Crippen LogP contribution in [0.3, 0.4) is 0 Å². The quantitative estimate of drug-likeness (QED) is 0.576. The zero-order valence-electron chi connectivity index (χ0n) is 7.96. The standard InChI is InChI=1S/C9H11BrINOS/c1-6(4-10)12(2)9(13)7-3-8(11)14-5-7/h3,5-6H,4H2,1-2H3. The molecule has 1 atom stereocenters. The van der Waals surface area contributed by atoms with Gasteiger partial charge >= 0.3 is 0 Å². The summed E-state index contributed by atoms with van der Waals surface area (Å²) in [6, 6.07) is 2.14. The van der Waals surface area contributed by atoms with Gasteiger partial charge < -0.3 is 4.90 Å². The number of alkyl halides is 1. The van der Waals surface area contributed by atoms with E-state index in [1.807, 2.05) is 25.4 Å². The lowest BCUT2D eigenvalue weighted by Crippen LogP contribution is -2.35. The van der Waals surface area contributed by atoms with E-state index in [1.54, 1.807) is 16.2 Å². The lowest BCUT2D eigenvalue weighted by molar-refractivity contribution is 0.0758. The van der Waals surface area contributed by atoms with Crippen LogP contribution in [0.15, 0.2) is 11.4 Å². The molecule has 0 aromatic carbocycles. The van der Waals surface area contributed by atoms with Crippen LogP contribution in [0.2, 0.25) is 0 Å². The molecule has 1 aromatic heterocycles. The lowest BCUT2D eigenvalue weighted by atomic mass is 10.2. The van der Waals surface area contributed by atoms with E-state index in [9.17, 15) is 4.79 Å². The van der Waals surface area contributed by atoms with Crippen molar-refractivity contribution in [2.75, 3.05) is 12.4 Å². The molecule has 1 amide bonds. The van der Waals surface area contributed by atoms with Gasteiger partial charge in [-0.05, 0) is 35.6 Å². The van der Waals surface area contributed by atoms with Gasteiger partial charge in [0.05, 0.1) is 8.45 Å².